The Kier molecular flexibility index (Phi) is 14.7. The fourth-order valence-corrected chi connectivity index (χ4v) is 4.99. The van der Waals surface area contributed by atoms with Crippen LogP contribution in [0.15, 0.2) is 60.2 Å². The molecule has 0 aliphatic carbocycles. The summed E-state index contributed by atoms with van der Waals surface area (Å²) in [5.74, 6) is 0. The van der Waals surface area contributed by atoms with Gasteiger partial charge in [-0.05, 0) is 73.9 Å². The number of nitrogens with zero attached hydrogens (tertiary/aromatic N) is 2. The van der Waals surface area contributed by atoms with E-state index in [4.69, 9.17) is 0 Å². The van der Waals surface area contributed by atoms with Crippen LogP contribution in [0.1, 0.15) is 108 Å². The third-order valence-electron chi connectivity index (χ3n) is 6.48. The summed E-state index contributed by atoms with van der Waals surface area (Å²) >= 11 is 1.82. The van der Waals surface area contributed by atoms with Crippen LogP contribution in [0.4, 0.5) is 0 Å². The molecule has 3 heteroatoms. The molecule has 0 unspecified atom stereocenters. The molecule has 0 saturated heterocycles. The molecule has 0 aromatic heterocycles. The van der Waals surface area contributed by atoms with Crippen molar-refractivity contribution in [2.45, 2.75) is 110 Å². The van der Waals surface area contributed by atoms with Gasteiger partial charge in [0.25, 0.3) is 0 Å². The Morgan fingerprint density at radius 3 is 1.81 bits per heavy atom. The number of benzene rings is 2. The SMILES string of the molecule is CCCCCc1cccc(C2=CC(CCCC)=C(c3cccc(CCCC)c3)[N+]2=[N-])c1.C[CH2][Ni][CH2]C. The molecule has 1 heterocycles. The summed E-state index contributed by atoms with van der Waals surface area (Å²) in [6.07, 6.45) is 13.8. The van der Waals surface area contributed by atoms with Crippen LogP contribution in [0.2, 0.25) is 10.8 Å². The second-order valence-corrected chi connectivity index (χ2v) is 11.3. The molecule has 0 saturated carbocycles. The van der Waals surface area contributed by atoms with Crippen LogP contribution in [0.3, 0.4) is 0 Å². The van der Waals surface area contributed by atoms with Gasteiger partial charge in [-0.3, -0.25) is 0 Å². The molecule has 0 spiro atoms. The van der Waals surface area contributed by atoms with Gasteiger partial charge in [-0.1, -0.05) is 70.7 Å². The molecule has 2 aromatic carbocycles. The Balaban J connectivity index is 0.000000830. The molecule has 3 rings (SSSR count). The summed E-state index contributed by atoms with van der Waals surface area (Å²) in [6, 6.07) is 17.4. The summed E-state index contributed by atoms with van der Waals surface area (Å²) in [7, 11) is 0. The van der Waals surface area contributed by atoms with Crippen LogP contribution in [0.5, 0.6) is 0 Å². The van der Waals surface area contributed by atoms with Gasteiger partial charge in [0.15, 0.2) is 0 Å². The zero-order chi connectivity index (χ0) is 26.2. The molecule has 0 amide bonds. The first-order valence-electron chi connectivity index (χ1n) is 14.2. The van der Waals surface area contributed by atoms with Gasteiger partial charge in [-0.15, -0.1) is 0 Å². The number of unbranched alkanes of at least 4 members (excludes halogenated alkanes) is 4. The maximum atomic E-state index is 11.3. The van der Waals surface area contributed by atoms with Crippen molar-refractivity contribution in [3.05, 3.63) is 88.0 Å². The maximum absolute atomic E-state index is 11.3. The van der Waals surface area contributed by atoms with Gasteiger partial charge in [0.1, 0.15) is 0 Å². The molecule has 0 bridgehead atoms. The van der Waals surface area contributed by atoms with Crippen molar-refractivity contribution in [2.24, 2.45) is 0 Å². The van der Waals surface area contributed by atoms with Crippen molar-refractivity contribution in [1.82, 2.24) is 0 Å². The van der Waals surface area contributed by atoms with E-state index in [0.717, 1.165) is 54.6 Å². The Bertz CT molecular complexity index is 1000. The molecular weight excluding hydrogens is 483 g/mol. The van der Waals surface area contributed by atoms with Gasteiger partial charge < -0.3 is 5.53 Å². The predicted octanol–water partition coefficient (Wildman–Crippen LogP) is 10.7. The summed E-state index contributed by atoms with van der Waals surface area (Å²) in [6.45, 7) is 11.1. The van der Waals surface area contributed by atoms with Gasteiger partial charge in [0.2, 0.25) is 11.4 Å². The summed E-state index contributed by atoms with van der Waals surface area (Å²) in [4.78, 5) is 0. The molecule has 0 fully saturated rings. The molecule has 1 aliphatic heterocycles. The minimum absolute atomic E-state index is 0.900. The fourth-order valence-electron chi connectivity index (χ4n) is 4.50. The van der Waals surface area contributed by atoms with Crippen molar-refractivity contribution in [2.75, 3.05) is 0 Å². The molecule has 1 aliphatic rings. The van der Waals surface area contributed by atoms with Crippen LogP contribution in [-0.2, 0) is 27.3 Å². The monoisotopic (exact) mass is 530 g/mol. The van der Waals surface area contributed by atoms with E-state index < -0.39 is 0 Å². The van der Waals surface area contributed by atoms with E-state index in [1.165, 1.54) is 64.3 Å². The van der Waals surface area contributed by atoms with Crippen LogP contribution in [-0.4, -0.2) is 4.70 Å². The quantitative estimate of drug-likeness (QED) is 0.132. The third kappa shape index (κ3) is 9.47. The zero-order valence-electron chi connectivity index (χ0n) is 23.4. The van der Waals surface area contributed by atoms with E-state index in [1.807, 2.05) is 14.4 Å². The van der Waals surface area contributed by atoms with E-state index in [0.29, 0.717) is 0 Å². The number of hydrogen-bond donors (Lipinski definition) is 0. The normalized spacial score (nSPS) is 13.1. The molecule has 0 radical (unpaired) electrons. The number of rotatable bonds is 14. The Morgan fingerprint density at radius 2 is 1.22 bits per heavy atom. The van der Waals surface area contributed by atoms with Crippen LogP contribution in [0, 0.1) is 0 Å². The standard InChI is InChI=1S/C29H38N2.2C2H5.Ni/c1-4-7-10-14-24-15-11-18-25(20-24)28-22-27(17-9-6-3)29(31(28)30)26-19-12-16-23(21-26)13-8-5-2;2*1-2;/h11-12,15-16,18-22H,4-10,13-14,17H2,1-3H3;2*1H2,2H3;. The molecule has 0 N–H and O–H groups in total. The average molecular weight is 531 g/mol. The van der Waals surface area contributed by atoms with Gasteiger partial charge in [-0.25, -0.2) is 4.70 Å². The van der Waals surface area contributed by atoms with Gasteiger partial charge in [0.05, 0.1) is 0 Å². The molecule has 0 atom stereocenters. The molecular formula is C33H48N2Ni. The molecule has 2 aromatic rings. The second-order valence-electron chi connectivity index (χ2n) is 9.39. The van der Waals surface area contributed by atoms with Crippen molar-refractivity contribution < 1.29 is 19.1 Å². The van der Waals surface area contributed by atoms with Crippen LogP contribution in [0.25, 0.3) is 16.9 Å². The summed E-state index contributed by atoms with van der Waals surface area (Å²) < 4.78 is 1.44. The topological polar surface area (TPSA) is 25.3 Å². The van der Waals surface area contributed by atoms with Crippen molar-refractivity contribution in [3.63, 3.8) is 0 Å². The van der Waals surface area contributed by atoms with Crippen molar-refractivity contribution in [3.8, 4) is 0 Å². The number of allylic oxidation sites excluding steroid dienone is 2. The van der Waals surface area contributed by atoms with E-state index >= 15 is 0 Å². The van der Waals surface area contributed by atoms with Gasteiger partial charge in [0, 0.05) is 22.8 Å². The van der Waals surface area contributed by atoms with Crippen molar-refractivity contribution in [1.29, 1.82) is 0 Å². The molecule has 200 valence electrons. The minimum atomic E-state index is 0.900. The van der Waals surface area contributed by atoms with E-state index in [9.17, 15) is 5.53 Å². The number of aryl methyl sites for hydroxylation is 2. The number of hydrogen-bond acceptors (Lipinski definition) is 0. The van der Waals surface area contributed by atoms with Gasteiger partial charge >= 0.3 is 39.1 Å². The fraction of sp³-hybridized carbons (Fsp3) is 0.515. The van der Waals surface area contributed by atoms with E-state index in [-0.39, 0.29) is 0 Å². The zero-order valence-corrected chi connectivity index (χ0v) is 24.4. The van der Waals surface area contributed by atoms with E-state index in [2.05, 4.69) is 89.2 Å². The van der Waals surface area contributed by atoms with E-state index in [1.54, 1.807) is 0 Å². The first kappa shape index (κ1) is 30.2. The summed E-state index contributed by atoms with van der Waals surface area (Å²) in [5, 5.41) is 2.56. The first-order valence-corrected chi connectivity index (χ1v) is 15.6. The average Bonchev–Trinajstić information content (AvgIpc) is 3.23. The Labute approximate surface area is 227 Å². The van der Waals surface area contributed by atoms with Crippen LogP contribution >= 0.6 is 0 Å². The first-order chi connectivity index (χ1) is 17.6. The molecule has 2 nitrogen and oxygen atoms in total. The van der Waals surface area contributed by atoms with Crippen LogP contribution < -0.4 is 0 Å². The third-order valence-corrected chi connectivity index (χ3v) is 7.47. The second kappa shape index (κ2) is 17.5. The molecule has 36 heavy (non-hydrogen) atoms. The van der Waals surface area contributed by atoms with Crippen molar-refractivity contribution >= 4 is 11.4 Å². The van der Waals surface area contributed by atoms with Gasteiger partial charge in [-0.2, -0.15) is 0 Å². The summed E-state index contributed by atoms with van der Waals surface area (Å²) in [5.41, 5.74) is 19.3. The Hall–Kier alpha value is -1.99. The predicted molar refractivity (Wildman–Crippen MR) is 154 cm³/mol. The Morgan fingerprint density at radius 1 is 0.667 bits per heavy atom.